The first kappa shape index (κ1) is 15.0. The Morgan fingerprint density at radius 1 is 1.05 bits per heavy atom. The van der Waals surface area contributed by atoms with E-state index in [4.69, 9.17) is 0 Å². The molecule has 1 aromatic carbocycles. The van der Waals surface area contributed by atoms with Crippen molar-refractivity contribution in [2.75, 3.05) is 4.72 Å². The van der Waals surface area contributed by atoms with Crippen LogP contribution in [0.2, 0.25) is 0 Å². The van der Waals surface area contributed by atoms with E-state index in [1.165, 1.54) is 6.07 Å². The number of halogens is 3. The first-order valence-electron chi connectivity index (χ1n) is 4.99. The maximum Gasteiger partial charge on any atom is 0.264 e. The van der Waals surface area contributed by atoms with Crippen molar-refractivity contribution in [1.82, 2.24) is 4.98 Å². The Morgan fingerprint density at radius 2 is 1.79 bits per heavy atom. The second kappa shape index (κ2) is 5.90. The largest absolute Gasteiger partial charge is 0.264 e. The number of rotatable bonds is 3. The molecule has 1 N–H and O–H groups in total. The second-order valence-electron chi connectivity index (χ2n) is 3.53. The average Bonchev–Trinajstić information content (AvgIpc) is 2.27. The first-order chi connectivity index (χ1) is 8.88. The number of hydrogen-bond acceptors (Lipinski definition) is 3. The minimum Gasteiger partial charge on any atom is -0.263 e. The van der Waals surface area contributed by atoms with Gasteiger partial charge in [0.2, 0.25) is 0 Å². The number of nitrogens with one attached hydrogen (secondary N) is 1. The molecule has 0 amide bonds. The highest BCUT2D eigenvalue weighted by Crippen LogP contribution is 2.27. The molecule has 0 saturated heterocycles. The summed E-state index contributed by atoms with van der Waals surface area (Å²) in [5, 5.41) is 0. The lowest BCUT2D eigenvalue weighted by atomic mass is 10.4. The molecule has 2 aromatic rings. The van der Waals surface area contributed by atoms with Gasteiger partial charge in [0.15, 0.2) is 0 Å². The van der Waals surface area contributed by atoms with Crippen LogP contribution in [0.4, 0.5) is 5.82 Å². The molecular weight excluding hydrogens is 464 g/mol. The lowest BCUT2D eigenvalue weighted by Gasteiger charge is -2.09. The summed E-state index contributed by atoms with van der Waals surface area (Å²) in [5.41, 5.74) is 0. The molecule has 4 nitrogen and oxygen atoms in total. The number of sulfonamides is 1. The highest BCUT2D eigenvalue weighted by molar-refractivity contribution is 9.11. The van der Waals surface area contributed by atoms with E-state index in [-0.39, 0.29) is 10.7 Å². The smallest absolute Gasteiger partial charge is 0.263 e. The summed E-state index contributed by atoms with van der Waals surface area (Å²) >= 11 is 9.70. The molecule has 100 valence electrons. The molecule has 1 heterocycles. The number of aromatic nitrogens is 1. The second-order valence-corrected chi connectivity index (χ2v) is 7.76. The summed E-state index contributed by atoms with van der Waals surface area (Å²) in [6, 6.07) is 9.83. The molecule has 0 bridgehead atoms. The van der Waals surface area contributed by atoms with Crippen LogP contribution in [0.25, 0.3) is 0 Å². The van der Waals surface area contributed by atoms with Crippen molar-refractivity contribution in [1.29, 1.82) is 0 Å². The van der Waals surface area contributed by atoms with E-state index in [1.807, 2.05) is 0 Å². The zero-order chi connectivity index (χ0) is 14.0. The lowest BCUT2D eigenvalue weighted by molar-refractivity contribution is 0.600. The fourth-order valence-electron chi connectivity index (χ4n) is 1.35. The quantitative estimate of drug-likeness (QED) is 0.685. The average molecular weight is 471 g/mol. The van der Waals surface area contributed by atoms with E-state index < -0.39 is 10.0 Å². The summed E-state index contributed by atoms with van der Waals surface area (Å²) in [7, 11) is -3.68. The first-order valence-corrected chi connectivity index (χ1v) is 8.85. The van der Waals surface area contributed by atoms with Crippen LogP contribution in [0.5, 0.6) is 0 Å². The van der Waals surface area contributed by atoms with E-state index in [9.17, 15) is 8.42 Å². The van der Waals surface area contributed by atoms with Gasteiger partial charge in [-0.3, -0.25) is 4.72 Å². The lowest BCUT2D eigenvalue weighted by Crippen LogP contribution is -2.14. The van der Waals surface area contributed by atoms with Gasteiger partial charge in [0, 0.05) is 8.95 Å². The van der Waals surface area contributed by atoms with E-state index in [2.05, 4.69) is 57.5 Å². The standard InChI is InChI=1S/C11H7Br3N2O2S/c12-7-4-5-9(8(13)6-7)19(17,18)16-11-3-1-2-10(14)15-11/h1-6H,(H,15,16). The third-order valence-electron chi connectivity index (χ3n) is 2.14. The Labute approximate surface area is 136 Å². The number of pyridine rings is 1. The van der Waals surface area contributed by atoms with Crippen molar-refractivity contribution in [2.45, 2.75) is 4.90 Å². The Balaban J connectivity index is 2.38. The third kappa shape index (κ3) is 3.77. The van der Waals surface area contributed by atoms with Gasteiger partial charge in [-0.2, -0.15) is 0 Å². The van der Waals surface area contributed by atoms with Crippen molar-refractivity contribution >= 4 is 63.6 Å². The molecule has 0 fully saturated rings. The molecule has 8 heteroatoms. The van der Waals surface area contributed by atoms with Crippen molar-refractivity contribution < 1.29 is 8.42 Å². The van der Waals surface area contributed by atoms with Gasteiger partial charge < -0.3 is 0 Å². The fourth-order valence-corrected chi connectivity index (χ4v) is 4.44. The maximum absolute atomic E-state index is 12.2. The number of hydrogen-bond donors (Lipinski definition) is 1. The van der Waals surface area contributed by atoms with Gasteiger partial charge in [-0.15, -0.1) is 0 Å². The predicted molar refractivity (Wildman–Crippen MR) is 84.6 cm³/mol. The summed E-state index contributed by atoms with van der Waals surface area (Å²) in [4.78, 5) is 4.18. The van der Waals surface area contributed by atoms with Crippen molar-refractivity contribution in [3.05, 3.63) is 49.9 Å². The molecule has 0 aliphatic carbocycles. The third-order valence-corrected chi connectivity index (χ3v) is 5.40. The highest BCUT2D eigenvalue weighted by atomic mass is 79.9. The Bertz CT molecular complexity index is 720. The normalized spacial score (nSPS) is 11.3. The van der Waals surface area contributed by atoms with Crippen molar-refractivity contribution in [2.24, 2.45) is 0 Å². The number of benzene rings is 1. The van der Waals surface area contributed by atoms with Gasteiger partial charge in [0.05, 0.1) is 0 Å². The van der Waals surface area contributed by atoms with Crippen LogP contribution >= 0.6 is 47.8 Å². The summed E-state index contributed by atoms with van der Waals surface area (Å²) in [5.74, 6) is 0.254. The van der Waals surface area contributed by atoms with E-state index in [0.717, 1.165) is 4.47 Å². The highest BCUT2D eigenvalue weighted by Gasteiger charge is 2.18. The van der Waals surface area contributed by atoms with Crippen LogP contribution in [0, 0.1) is 0 Å². The molecule has 0 aliphatic rings. The Hall–Kier alpha value is -0.440. The van der Waals surface area contributed by atoms with Gasteiger partial charge in [-0.05, 0) is 62.2 Å². The molecule has 2 rings (SSSR count). The minimum absolute atomic E-state index is 0.150. The summed E-state index contributed by atoms with van der Waals surface area (Å²) in [6.07, 6.45) is 0. The van der Waals surface area contributed by atoms with Crippen LogP contribution in [0.15, 0.2) is 54.8 Å². The van der Waals surface area contributed by atoms with Crippen LogP contribution < -0.4 is 4.72 Å². The minimum atomic E-state index is -3.68. The zero-order valence-corrected chi connectivity index (χ0v) is 14.8. The molecule has 0 radical (unpaired) electrons. The summed E-state index contributed by atoms with van der Waals surface area (Å²) < 4.78 is 28.7. The fraction of sp³-hybridized carbons (Fsp3) is 0. The van der Waals surface area contributed by atoms with Gasteiger partial charge in [0.25, 0.3) is 10.0 Å². The van der Waals surface area contributed by atoms with E-state index in [1.54, 1.807) is 30.3 Å². The van der Waals surface area contributed by atoms with Crippen molar-refractivity contribution in [3.63, 3.8) is 0 Å². The predicted octanol–water partition coefficient (Wildman–Crippen LogP) is 4.17. The Morgan fingerprint density at radius 3 is 2.42 bits per heavy atom. The van der Waals surface area contributed by atoms with Gasteiger partial charge in [0.1, 0.15) is 15.3 Å². The SMILES string of the molecule is O=S(=O)(Nc1cccc(Br)n1)c1ccc(Br)cc1Br. The molecule has 19 heavy (non-hydrogen) atoms. The number of nitrogens with zero attached hydrogens (tertiary/aromatic N) is 1. The van der Waals surface area contributed by atoms with Crippen molar-refractivity contribution in [3.8, 4) is 0 Å². The molecule has 1 aromatic heterocycles. The van der Waals surface area contributed by atoms with E-state index in [0.29, 0.717) is 9.08 Å². The number of anilines is 1. The van der Waals surface area contributed by atoms with Gasteiger partial charge in [-0.1, -0.05) is 22.0 Å². The van der Waals surface area contributed by atoms with Crippen LogP contribution in [-0.2, 0) is 10.0 Å². The molecule has 0 spiro atoms. The summed E-state index contributed by atoms with van der Waals surface area (Å²) in [6.45, 7) is 0. The van der Waals surface area contributed by atoms with E-state index >= 15 is 0 Å². The monoisotopic (exact) mass is 468 g/mol. The molecule has 0 atom stereocenters. The van der Waals surface area contributed by atoms with Crippen LogP contribution in [0.3, 0.4) is 0 Å². The molecule has 0 saturated carbocycles. The molecule has 0 aliphatic heterocycles. The van der Waals surface area contributed by atoms with Crippen LogP contribution in [-0.4, -0.2) is 13.4 Å². The van der Waals surface area contributed by atoms with Crippen LogP contribution in [0.1, 0.15) is 0 Å². The Kier molecular flexibility index (Phi) is 4.65. The maximum atomic E-state index is 12.2. The zero-order valence-electron chi connectivity index (χ0n) is 9.27. The topological polar surface area (TPSA) is 59.1 Å². The molecule has 0 unspecified atom stereocenters. The molecular formula is C11H7Br3N2O2S. The van der Waals surface area contributed by atoms with Gasteiger partial charge >= 0.3 is 0 Å². The van der Waals surface area contributed by atoms with Gasteiger partial charge in [-0.25, -0.2) is 13.4 Å².